The molecule has 11 heteroatoms. The highest BCUT2D eigenvalue weighted by atomic mass is 35.5. The van der Waals surface area contributed by atoms with E-state index in [1.807, 2.05) is 24.8 Å². The van der Waals surface area contributed by atoms with Crippen LogP contribution >= 0.6 is 11.6 Å². The molecule has 5 amide bonds. The van der Waals surface area contributed by atoms with Crippen LogP contribution in [-0.4, -0.2) is 60.5 Å². The number of hydrogen-bond acceptors (Lipinski definition) is 6. The Hall–Kier alpha value is -3.50. The normalized spacial score (nSPS) is 24.2. The molecular formula is C26H26ClFN4O5. The van der Waals surface area contributed by atoms with Crippen molar-refractivity contribution in [2.24, 2.45) is 5.41 Å². The van der Waals surface area contributed by atoms with Gasteiger partial charge in [0, 0.05) is 31.4 Å². The Morgan fingerprint density at radius 1 is 1.16 bits per heavy atom. The standard InChI is InChI=1S/C26H26ClFN4O5/c1-13-11-32-20-7-5-16(22(33)31(3)12-15-4-6-19(28)18(27)8-15)9-17(20)10-26(21(32)14(2)37-13)23(34)29-25(36)30-24(26)35/h4-9,13-14,21H,10-12H2,1-3H3,(H2,29,30,34,35,36)/t13-,14+,21-/m1/s1. The van der Waals surface area contributed by atoms with Crippen molar-refractivity contribution >= 4 is 41.0 Å². The van der Waals surface area contributed by atoms with Crippen LogP contribution in [0.25, 0.3) is 0 Å². The summed E-state index contributed by atoms with van der Waals surface area (Å²) in [6.07, 6.45) is -0.647. The first kappa shape index (κ1) is 25.2. The summed E-state index contributed by atoms with van der Waals surface area (Å²) >= 11 is 5.87. The summed E-state index contributed by atoms with van der Waals surface area (Å²) in [5, 5.41) is 4.48. The highest BCUT2D eigenvalue weighted by molar-refractivity contribution is 6.30. The van der Waals surface area contributed by atoms with Crippen LogP contribution in [0.15, 0.2) is 36.4 Å². The molecule has 3 aliphatic heterocycles. The number of halogens is 2. The van der Waals surface area contributed by atoms with Gasteiger partial charge in [0.1, 0.15) is 5.82 Å². The van der Waals surface area contributed by atoms with E-state index >= 15 is 0 Å². The van der Waals surface area contributed by atoms with Crippen LogP contribution in [0.2, 0.25) is 5.02 Å². The third kappa shape index (κ3) is 4.14. The number of amides is 5. The predicted molar refractivity (Wildman–Crippen MR) is 133 cm³/mol. The number of fused-ring (bicyclic) bond motifs is 4. The molecule has 1 spiro atoms. The number of carbonyl (C=O) groups is 4. The second-order valence-electron chi connectivity index (χ2n) is 9.89. The molecule has 0 radical (unpaired) electrons. The fourth-order valence-corrected chi connectivity index (χ4v) is 5.99. The summed E-state index contributed by atoms with van der Waals surface area (Å²) in [5.74, 6) is -2.20. The molecule has 3 heterocycles. The number of hydrogen-bond donors (Lipinski definition) is 2. The second-order valence-corrected chi connectivity index (χ2v) is 10.3. The molecule has 9 nitrogen and oxygen atoms in total. The van der Waals surface area contributed by atoms with Gasteiger partial charge in [0.2, 0.25) is 11.8 Å². The van der Waals surface area contributed by atoms with E-state index in [4.69, 9.17) is 16.3 Å². The molecule has 3 atom stereocenters. The largest absolute Gasteiger partial charge is 0.372 e. The molecule has 3 aliphatic rings. The van der Waals surface area contributed by atoms with Crippen LogP contribution in [0.5, 0.6) is 0 Å². The number of nitrogens with one attached hydrogen (secondary N) is 2. The molecule has 2 fully saturated rings. The van der Waals surface area contributed by atoms with Gasteiger partial charge in [-0.2, -0.15) is 0 Å². The van der Waals surface area contributed by atoms with Crippen molar-refractivity contribution < 1.29 is 28.3 Å². The third-order valence-corrected chi connectivity index (χ3v) is 7.60. The molecule has 37 heavy (non-hydrogen) atoms. The van der Waals surface area contributed by atoms with Crippen LogP contribution < -0.4 is 15.5 Å². The van der Waals surface area contributed by atoms with Gasteiger partial charge in [-0.15, -0.1) is 0 Å². The quantitative estimate of drug-likeness (QED) is 0.593. The number of morpholine rings is 1. The molecule has 0 aliphatic carbocycles. The molecule has 2 N–H and O–H groups in total. The maximum Gasteiger partial charge on any atom is 0.328 e. The summed E-state index contributed by atoms with van der Waals surface area (Å²) in [4.78, 5) is 55.2. The number of benzene rings is 2. The number of nitrogens with zero attached hydrogens (tertiary/aromatic N) is 2. The number of rotatable bonds is 3. The van der Waals surface area contributed by atoms with Gasteiger partial charge in [-0.3, -0.25) is 25.0 Å². The maximum atomic E-state index is 13.5. The fraction of sp³-hybridized carbons (Fsp3) is 0.385. The lowest BCUT2D eigenvalue weighted by Gasteiger charge is -2.55. The van der Waals surface area contributed by atoms with Crippen molar-refractivity contribution in [2.45, 2.75) is 45.1 Å². The molecule has 5 rings (SSSR count). The van der Waals surface area contributed by atoms with E-state index in [0.717, 1.165) is 5.69 Å². The topological polar surface area (TPSA) is 108 Å². The van der Waals surface area contributed by atoms with Crippen LogP contribution in [-0.2, 0) is 27.3 Å². The lowest BCUT2D eigenvalue weighted by atomic mass is 9.66. The lowest BCUT2D eigenvalue weighted by Crippen LogP contribution is -2.75. The van der Waals surface area contributed by atoms with Crippen molar-refractivity contribution in [3.8, 4) is 0 Å². The molecule has 2 saturated heterocycles. The molecule has 0 saturated carbocycles. The van der Waals surface area contributed by atoms with E-state index in [1.54, 1.807) is 25.2 Å². The third-order valence-electron chi connectivity index (χ3n) is 7.31. The predicted octanol–water partition coefficient (Wildman–Crippen LogP) is 2.64. The van der Waals surface area contributed by atoms with Gasteiger partial charge >= 0.3 is 6.03 Å². The van der Waals surface area contributed by atoms with Crippen LogP contribution in [0.3, 0.4) is 0 Å². The zero-order valence-electron chi connectivity index (χ0n) is 20.5. The van der Waals surface area contributed by atoms with E-state index in [0.29, 0.717) is 23.2 Å². The molecule has 0 bridgehead atoms. The van der Waals surface area contributed by atoms with E-state index in [9.17, 15) is 23.6 Å². The van der Waals surface area contributed by atoms with E-state index in [-0.39, 0.29) is 30.0 Å². The SMILES string of the molecule is C[C@@H]1CN2c3ccc(C(=O)N(C)Cc4ccc(F)c(Cl)c4)cc3CC3(C(=O)NC(=O)NC3=O)[C@H]2[C@H](C)O1. The Kier molecular flexibility index (Phi) is 6.19. The fourth-order valence-electron chi connectivity index (χ4n) is 5.78. The minimum Gasteiger partial charge on any atom is -0.372 e. The zero-order valence-corrected chi connectivity index (χ0v) is 21.3. The van der Waals surface area contributed by atoms with Gasteiger partial charge in [-0.25, -0.2) is 9.18 Å². The number of anilines is 1. The molecule has 2 aromatic rings. The van der Waals surface area contributed by atoms with Crippen LogP contribution in [0.4, 0.5) is 14.9 Å². The number of barbiturate groups is 1. The van der Waals surface area contributed by atoms with Gasteiger partial charge < -0.3 is 14.5 Å². The first-order valence-electron chi connectivity index (χ1n) is 11.9. The minimum absolute atomic E-state index is 0.00503. The Balaban J connectivity index is 1.51. The van der Waals surface area contributed by atoms with Crippen LogP contribution in [0.1, 0.15) is 35.3 Å². The van der Waals surface area contributed by atoms with Crippen molar-refractivity contribution in [1.29, 1.82) is 0 Å². The smallest absolute Gasteiger partial charge is 0.328 e. The van der Waals surface area contributed by atoms with E-state index in [1.165, 1.54) is 17.0 Å². The van der Waals surface area contributed by atoms with E-state index in [2.05, 4.69) is 10.6 Å². The Labute approximate surface area is 217 Å². The number of imide groups is 2. The zero-order chi connectivity index (χ0) is 26.6. The molecule has 0 unspecified atom stereocenters. The summed E-state index contributed by atoms with van der Waals surface area (Å²) in [7, 11) is 1.62. The van der Waals surface area contributed by atoms with Crippen molar-refractivity contribution in [3.05, 3.63) is 63.9 Å². The van der Waals surface area contributed by atoms with Crippen molar-refractivity contribution in [1.82, 2.24) is 15.5 Å². The minimum atomic E-state index is -1.61. The van der Waals surface area contributed by atoms with Gasteiger partial charge in [0.15, 0.2) is 5.41 Å². The maximum absolute atomic E-state index is 13.5. The summed E-state index contributed by atoms with van der Waals surface area (Å²) in [6, 6.07) is 7.99. The lowest BCUT2D eigenvalue weighted by molar-refractivity contribution is -0.153. The van der Waals surface area contributed by atoms with Crippen molar-refractivity contribution in [3.63, 3.8) is 0 Å². The first-order chi connectivity index (χ1) is 17.5. The molecule has 2 aromatic carbocycles. The Bertz CT molecular complexity index is 1310. The Morgan fingerprint density at radius 3 is 2.54 bits per heavy atom. The number of urea groups is 1. The van der Waals surface area contributed by atoms with Gasteiger partial charge in [-0.05, 0) is 61.7 Å². The summed E-state index contributed by atoms with van der Waals surface area (Å²) < 4.78 is 19.5. The number of carbonyl (C=O) groups excluding carboxylic acids is 4. The highest BCUT2D eigenvalue weighted by Gasteiger charge is 2.62. The summed E-state index contributed by atoms with van der Waals surface area (Å²) in [6.45, 7) is 4.35. The Morgan fingerprint density at radius 2 is 1.86 bits per heavy atom. The molecule has 194 valence electrons. The first-order valence-corrected chi connectivity index (χ1v) is 12.3. The molecule has 0 aromatic heterocycles. The summed E-state index contributed by atoms with van der Waals surface area (Å²) in [5.41, 5.74) is 0.864. The monoisotopic (exact) mass is 528 g/mol. The average Bonchev–Trinajstić information content (AvgIpc) is 2.83. The van der Waals surface area contributed by atoms with Gasteiger partial charge in [-0.1, -0.05) is 17.7 Å². The highest BCUT2D eigenvalue weighted by Crippen LogP contribution is 2.46. The molecular weight excluding hydrogens is 503 g/mol. The average molecular weight is 529 g/mol. The second kappa shape index (κ2) is 9.11. The van der Waals surface area contributed by atoms with Gasteiger partial charge in [0.05, 0.1) is 23.3 Å². The number of ether oxygens (including phenoxy) is 1. The van der Waals surface area contributed by atoms with Crippen molar-refractivity contribution in [2.75, 3.05) is 18.5 Å². The van der Waals surface area contributed by atoms with E-state index < -0.39 is 41.2 Å². The van der Waals surface area contributed by atoms with Gasteiger partial charge in [0.25, 0.3) is 5.91 Å². The van der Waals surface area contributed by atoms with Crippen LogP contribution in [0, 0.1) is 11.2 Å².